The topological polar surface area (TPSA) is 83.6 Å². The number of amides is 2. The van der Waals surface area contributed by atoms with E-state index in [-0.39, 0.29) is 24.6 Å². The monoisotopic (exact) mass is 290 g/mol. The third kappa shape index (κ3) is 3.38. The van der Waals surface area contributed by atoms with Crippen LogP contribution in [0.1, 0.15) is 22.3 Å². The zero-order valence-electron chi connectivity index (χ0n) is 11.3. The van der Waals surface area contributed by atoms with Crippen LogP contribution in [0, 0.1) is 23.6 Å². The summed E-state index contributed by atoms with van der Waals surface area (Å²) >= 11 is 0. The third-order valence-electron chi connectivity index (χ3n) is 3.39. The van der Waals surface area contributed by atoms with Crippen LogP contribution in [-0.2, 0) is 4.79 Å². The van der Waals surface area contributed by atoms with Gasteiger partial charge >= 0.3 is 0 Å². The minimum atomic E-state index is -0.674. The molecule has 1 atom stereocenters. The molecule has 1 unspecified atom stereocenters. The number of aliphatic hydroxyl groups is 1. The smallest absolute Gasteiger partial charge is 0.256 e. The predicted octanol–water partition coefficient (Wildman–Crippen LogP) is 0.117. The Labute approximate surface area is 121 Å². The quantitative estimate of drug-likeness (QED) is 0.759. The first-order valence-corrected chi connectivity index (χ1v) is 6.50. The first-order chi connectivity index (χ1) is 10.0. The zero-order valence-corrected chi connectivity index (χ0v) is 11.3. The van der Waals surface area contributed by atoms with Gasteiger partial charge in [-0.05, 0) is 24.6 Å². The van der Waals surface area contributed by atoms with Crippen LogP contribution in [-0.4, -0.2) is 41.5 Å². The van der Waals surface area contributed by atoms with Crippen molar-refractivity contribution in [2.24, 2.45) is 11.7 Å². The van der Waals surface area contributed by atoms with Gasteiger partial charge in [0.2, 0.25) is 5.91 Å². The summed E-state index contributed by atoms with van der Waals surface area (Å²) in [7, 11) is 0. The van der Waals surface area contributed by atoms with Crippen LogP contribution in [0.25, 0.3) is 0 Å². The van der Waals surface area contributed by atoms with E-state index < -0.39 is 17.6 Å². The maximum Gasteiger partial charge on any atom is 0.256 e. The second-order valence-corrected chi connectivity index (χ2v) is 4.79. The predicted molar refractivity (Wildman–Crippen MR) is 73.6 cm³/mol. The highest BCUT2D eigenvalue weighted by Crippen LogP contribution is 2.20. The molecule has 21 heavy (non-hydrogen) atoms. The molecule has 6 heteroatoms. The molecule has 0 radical (unpaired) electrons. The Kier molecular flexibility index (Phi) is 4.55. The van der Waals surface area contributed by atoms with Crippen LogP contribution in [0.4, 0.5) is 4.39 Å². The average Bonchev–Trinajstić information content (AvgIpc) is 2.94. The van der Waals surface area contributed by atoms with Crippen molar-refractivity contribution in [3.05, 3.63) is 35.1 Å². The molecule has 1 aromatic carbocycles. The van der Waals surface area contributed by atoms with E-state index in [2.05, 4.69) is 11.8 Å². The van der Waals surface area contributed by atoms with E-state index in [9.17, 15) is 14.0 Å². The number of aliphatic hydroxyl groups excluding tert-OH is 1. The molecule has 2 amide bonds. The average molecular weight is 290 g/mol. The molecule has 3 N–H and O–H groups in total. The second-order valence-electron chi connectivity index (χ2n) is 4.79. The number of likely N-dealkylation sites (tertiary alicyclic amines) is 1. The van der Waals surface area contributed by atoms with Gasteiger partial charge in [0, 0.05) is 18.7 Å². The Balaban J connectivity index is 2.15. The van der Waals surface area contributed by atoms with E-state index in [1.807, 2.05) is 0 Å². The molecule has 0 spiro atoms. The second kappa shape index (κ2) is 6.37. The summed E-state index contributed by atoms with van der Waals surface area (Å²) in [6.45, 7) is 0.294. The van der Waals surface area contributed by atoms with Gasteiger partial charge < -0.3 is 15.7 Å². The van der Waals surface area contributed by atoms with Crippen molar-refractivity contribution in [3.8, 4) is 11.8 Å². The summed E-state index contributed by atoms with van der Waals surface area (Å²) in [5.74, 6) is 3.03. The maximum atomic E-state index is 14.0. The molecule has 0 aromatic heterocycles. The number of halogens is 1. The van der Waals surface area contributed by atoms with Gasteiger partial charge in [0.15, 0.2) is 0 Å². The molecule has 2 rings (SSSR count). The highest BCUT2D eigenvalue weighted by molar-refractivity contribution is 5.95. The molecule has 0 bridgehead atoms. The molecule has 110 valence electrons. The van der Waals surface area contributed by atoms with Crippen molar-refractivity contribution in [1.82, 2.24) is 4.90 Å². The summed E-state index contributed by atoms with van der Waals surface area (Å²) in [5, 5.41) is 8.59. The van der Waals surface area contributed by atoms with E-state index in [4.69, 9.17) is 10.8 Å². The van der Waals surface area contributed by atoms with E-state index in [0.717, 1.165) is 6.07 Å². The van der Waals surface area contributed by atoms with Crippen molar-refractivity contribution in [1.29, 1.82) is 0 Å². The summed E-state index contributed by atoms with van der Waals surface area (Å²) in [4.78, 5) is 24.7. The normalized spacial score (nSPS) is 17.2. The minimum Gasteiger partial charge on any atom is -0.384 e. The fourth-order valence-corrected chi connectivity index (χ4v) is 2.26. The molecular formula is C15H15FN2O3. The number of carbonyl (C=O) groups is 2. The number of rotatable bonds is 2. The lowest BCUT2D eigenvalue weighted by Gasteiger charge is -2.16. The van der Waals surface area contributed by atoms with Gasteiger partial charge in [-0.25, -0.2) is 4.39 Å². The minimum absolute atomic E-state index is 0.0605. The molecule has 1 heterocycles. The van der Waals surface area contributed by atoms with Crippen LogP contribution >= 0.6 is 0 Å². The summed E-state index contributed by atoms with van der Waals surface area (Å²) in [5.41, 5.74) is 5.53. The lowest BCUT2D eigenvalue weighted by molar-refractivity contribution is -0.121. The van der Waals surface area contributed by atoms with Crippen molar-refractivity contribution in [3.63, 3.8) is 0 Å². The fraction of sp³-hybridized carbons (Fsp3) is 0.333. The number of primary amides is 1. The van der Waals surface area contributed by atoms with Crippen LogP contribution in [0.5, 0.6) is 0 Å². The number of benzene rings is 1. The van der Waals surface area contributed by atoms with E-state index in [0.29, 0.717) is 18.5 Å². The standard InChI is InChI=1S/C15H15FN2O3/c16-13-8-10(2-1-7-19)3-4-12(13)15(21)18-6-5-11(9-18)14(17)20/h3-4,8,11,19H,5-7,9H2,(H2,17,20). The Morgan fingerprint density at radius 1 is 1.48 bits per heavy atom. The molecule has 1 fully saturated rings. The first kappa shape index (κ1) is 15.0. The van der Waals surface area contributed by atoms with Gasteiger partial charge in [0.1, 0.15) is 12.4 Å². The Morgan fingerprint density at radius 3 is 2.81 bits per heavy atom. The molecular weight excluding hydrogens is 275 g/mol. The van der Waals surface area contributed by atoms with Crippen molar-refractivity contribution >= 4 is 11.8 Å². The highest BCUT2D eigenvalue weighted by atomic mass is 19.1. The van der Waals surface area contributed by atoms with Gasteiger partial charge in [0.25, 0.3) is 5.91 Å². The van der Waals surface area contributed by atoms with Gasteiger partial charge in [-0.1, -0.05) is 11.8 Å². The lowest BCUT2D eigenvalue weighted by Crippen LogP contribution is -2.32. The van der Waals surface area contributed by atoms with Crippen molar-refractivity contribution < 1.29 is 19.1 Å². The largest absolute Gasteiger partial charge is 0.384 e. The van der Waals surface area contributed by atoms with E-state index in [1.165, 1.54) is 17.0 Å². The van der Waals surface area contributed by atoms with Crippen molar-refractivity contribution in [2.45, 2.75) is 6.42 Å². The molecule has 5 nitrogen and oxygen atoms in total. The van der Waals surface area contributed by atoms with Gasteiger partial charge in [-0.3, -0.25) is 9.59 Å². The molecule has 1 aromatic rings. The zero-order chi connectivity index (χ0) is 15.4. The van der Waals surface area contributed by atoms with Crippen LogP contribution in [0.3, 0.4) is 0 Å². The molecule has 0 saturated carbocycles. The van der Waals surface area contributed by atoms with Gasteiger partial charge in [-0.15, -0.1) is 0 Å². The number of hydrogen-bond acceptors (Lipinski definition) is 3. The first-order valence-electron chi connectivity index (χ1n) is 6.50. The maximum absolute atomic E-state index is 14.0. The van der Waals surface area contributed by atoms with Crippen LogP contribution < -0.4 is 5.73 Å². The third-order valence-corrected chi connectivity index (χ3v) is 3.39. The van der Waals surface area contributed by atoms with Crippen LogP contribution in [0.2, 0.25) is 0 Å². The number of hydrogen-bond donors (Lipinski definition) is 2. The molecule has 1 aliphatic rings. The summed E-state index contributed by atoms with van der Waals surface area (Å²) < 4.78 is 14.0. The van der Waals surface area contributed by atoms with Crippen LogP contribution in [0.15, 0.2) is 18.2 Å². The fourth-order valence-electron chi connectivity index (χ4n) is 2.26. The summed E-state index contributed by atoms with van der Waals surface area (Å²) in [6.07, 6.45) is 0.503. The highest BCUT2D eigenvalue weighted by Gasteiger charge is 2.31. The summed E-state index contributed by atoms with van der Waals surface area (Å²) in [6, 6.07) is 4.02. The molecule has 0 aliphatic carbocycles. The number of carbonyl (C=O) groups excluding carboxylic acids is 2. The Morgan fingerprint density at radius 2 is 2.24 bits per heavy atom. The van der Waals surface area contributed by atoms with E-state index in [1.54, 1.807) is 0 Å². The molecule has 1 aliphatic heterocycles. The SMILES string of the molecule is NC(=O)C1CCN(C(=O)c2ccc(C#CCO)cc2F)C1. The van der Waals surface area contributed by atoms with Gasteiger partial charge in [-0.2, -0.15) is 0 Å². The molecule has 1 saturated heterocycles. The number of nitrogens with zero attached hydrogens (tertiary/aromatic N) is 1. The lowest BCUT2D eigenvalue weighted by atomic mass is 10.1. The Bertz CT molecular complexity index is 634. The van der Waals surface area contributed by atoms with Crippen molar-refractivity contribution in [2.75, 3.05) is 19.7 Å². The Hall–Kier alpha value is -2.39. The van der Waals surface area contributed by atoms with E-state index >= 15 is 0 Å². The van der Waals surface area contributed by atoms with Gasteiger partial charge in [0.05, 0.1) is 11.5 Å². The number of nitrogens with two attached hydrogens (primary N) is 1.